The van der Waals surface area contributed by atoms with Gasteiger partial charge in [-0.05, 0) is 43.8 Å². The highest BCUT2D eigenvalue weighted by Crippen LogP contribution is 2.32. The minimum atomic E-state index is -0.164. The van der Waals surface area contributed by atoms with Crippen LogP contribution in [0.2, 0.25) is 10.0 Å². The third-order valence-corrected chi connectivity index (χ3v) is 6.33. The van der Waals surface area contributed by atoms with Crippen LogP contribution in [0.25, 0.3) is 21.5 Å². The summed E-state index contributed by atoms with van der Waals surface area (Å²) in [5.41, 5.74) is 1.63. The molecule has 0 amide bonds. The van der Waals surface area contributed by atoms with Crippen molar-refractivity contribution in [2.75, 3.05) is 7.05 Å². The molecule has 3 aromatic heterocycles. The first kappa shape index (κ1) is 19.2. The zero-order valence-electron chi connectivity index (χ0n) is 15.2. The van der Waals surface area contributed by atoms with Gasteiger partial charge in [0.15, 0.2) is 0 Å². The number of H-pyrrole nitrogens is 1. The first-order valence-corrected chi connectivity index (χ1v) is 10.3. The van der Waals surface area contributed by atoms with E-state index in [9.17, 15) is 4.79 Å². The number of aromatic nitrogens is 2. The van der Waals surface area contributed by atoms with Crippen LogP contribution < -0.4 is 5.56 Å². The Kier molecular flexibility index (Phi) is 5.29. The lowest BCUT2D eigenvalue weighted by atomic mass is 10.1. The molecule has 8 heteroatoms. The van der Waals surface area contributed by atoms with E-state index < -0.39 is 0 Å². The average molecular weight is 434 g/mol. The summed E-state index contributed by atoms with van der Waals surface area (Å²) >= 11 is 13.5. The lowest BCUT2D eigenvalue weighted by Gasteiger charge is -2.24. The third kappa shape index (κ3) is 3.61. The Labute approximate surface area is 175 Å². The van der Waals surface area contributed by atoms with Gasteiger partial charge >= 0.3 is 0 Å². The Morgan fingerprint density at radius 3 is 2.82 bits per heavy atom. The van der Waals surface area contributed by atoms with Gasteiger partial charge in [0.2, 0.25) is 0 Å². The molecule has 5 nitrogen and oxygen atoms in total. The van der Waals surface area contributed by atoms with E-state index in [1.54, 1.807) is 18.4 Å². The molecule has 0 aliphatic carbocycles. The van der Waals surface area contributed by atoms with Gasteiger partial charge in [-0.15, -0.1) is 11.3 Å². The van der Waals surface area contributed by atoms with E-state index in [0.717, 1.165) is 11.1 Å². The third-order valence-electron chi connectivity index (χ3n) is 4.72. The molecule has 144 valence electrons. The summed E-state index contributed by atoms with van der Waals surface area (Å²) < 4.78 is 5.44. The molecular formula is C20H17Cl2N3O2S. The molecule has 1 N–H and O–H groups in total. The Balaban J connectivity index is 1.63. The Morgan fingerprint density at radius 1 is 1.29 bits per heavy atom. The smallest absolute Gasteiger partial charge is 0.260 e. The van der Waals surface area contributed by atoms with Crippen molar-refractivity contribution in [3.05, 3.63) is 73.8 Å². The van der Waals surface area contributed by atoms with Crippen molar-refractivity contribution in [3.63, 3.8) is 0 Å². The molecule has 0 saturated heterocycles. The van der Waals surface area contributed by atoms with Gasteiger partial charge in [0.25, 0.3) is 5.56 Å². The zero-order chi connectivity index (χ0) is 19.8. The van der Waals surface area contributed by atoms with Crippen molar-refractivity contribution in [1.29, 1.82) is 0 Å². The normalized spacial score (nSPS) is 12.8. The Hall–Kier alpha value is -2.12. The summed E-state index contributed by atoms with van der Waals surface area (Å²) in [6, 6.07) is 9.11. The predicted octanol–water partition coefficient (Wildman–Crippen LogP) is 5.74. The van der Waals surface area contributed by atoms with Crippen molar-refractivity contribution in [1.82, 2.24) is 14.9 Å². The van der Waals surface area contributed by atoms with Crippen LogP contribution >= 0.6 is 34.5 Å². The molecule has 1 aromatic carbocycles. The van der Waals surface area contributed by atoms with Crippen LogP contribution in [0.3, 0.4) is 0 Å². The number of furan rings is 1. The summed E-state index contributed by atoms with van der Waals surface area (Å²) in [6.45, 7) is 2.64. The SMILES string of the molecule is C[C@@H](c1nc2scc(-c3ccco3)c2c(=O)[nH]1)N(C)Cc1ccc(Cl)c(Cl)c1. The molecule has 4 aromatic rings. The fraction of sp³-hybridized carbons (Fsp3) is 0.200. The van der Waals surface area contributed by atoms with E-state index in [4.69, 9.17) is 32.6 Å². The number of hydrogen-bond donors (Lipinski definition) is 1. The van der Waals surface area contributed by atoms with E-state index in [-0.39, 0.29) is 11.6 Å². The maximum Gasteiger partial charge on any atom is 0.260 e. The Bertz CT molecular complexity index is 1180. The van der Waals surface area contributed by atoms with E-state index in [0.29, 0.717) is 38.4 Å². The zero-order valence-corrected chi connectivity index (χ0v) is 17.5. The number of nitrogens with zero attached hydrogens (tertiary/aromatic N) is 2. The molecule has 1 atom stereocenters. The molecule has 0 saturated carbocycles. The molecular weight excluding hydrogens is 417 g/mol. The van der Waals surface area contributed by atoms with Gasteiger partial charge in [-0.1, -0.05) is 29.3 Å². The molecule has 4 rings (SSSR count). The number of aromatic amines is 1. The molecule has 0 bridgehead atoms. The maximum absolute atomic E-state index is 12.8. The van der Waals surface area contributed by atoms with Crippen LogP contribution in [0, 0.1) is 0 Å². The van der Waals surface area contributed by atoms with E-state index in [1.165, 1.54) is 11.3 Å². The lowest BCUT2D eigenvalue weighted by Crippen LogP contribution is -2.25. The molecule has 0 aliphatic heterocycles. The van der Waals surface area contributed by atoms with Gasteiger partial charge in [-0.2, -0.15) is 0 Å². The van der Waals surface area contributed by atoms with Gasteiger partial charge in [0.1, 0.15) is 16.4 Å². The minimum absolute atomic E-state index is 0.0966. The minimum Gasteiger partial charge on any atom is -0.464 e. The quantitative estimate of drug-likeness (QED) is 0.435. The van der Waals surface area contributed by atoms with Crippen molar-refractivity contribution >= 4 is 44.8 Å². The van der Waals surface area contributed by atoms with Gasteiger partial charge in [0.05, 0.1) is 27.7 Å². The molecule has 0 aliphatic rings. The second-order valence-corrected chi connectivity index (χ2v) is 8.27. The monoisotopic (exact) mass is 433 g/mol. The summed E-state index contributed by atoms with van der Waals surface area (Å²) in [6.07, 6.45) is 1.59. The number of nitrogens with one attached hydrogen (secondary N) is 1. The standard InChI is InChI=1S/C20H17Cl2N3O2S/c1-11(25(2)9-12-5-6-14(21)15(22)8-12)18-23-19(26)17-13(10-28-20(17)24-18)16-4-3-7-27-16/h3-8,10-11H,9H2,1-2H3,(H,23,24,26)/t11-/m0/s1. The highest BCUT2D eigenvalue weighted by molar-refractivity contribution is 7.17. The van der Waals surface area contributed by atoms with E-state index in [1.807, 2.05) is 37.6 Å². The number of benzene rings is 1. The highest BCUT2D eigenvalue weighted by Gasteiger charge is 2.19. The summed E-state index contributed by atoms with van der Waals surface area (Å²) in [5.74, 6) is 1.28. The lowest BCUT2D eigenvalue weighted by molar-refractivity contribution is 0.244. The number of halogens is 2. The number of rotatable bonds is 5. The van der Waals surface area contributed by atoms with E-state index in [2.05, 4.69) is 9.88 Å². The van der Waals surface area contributed by atoms with Crippen molar-refractivity contribution in [2.45, 2.75) is 19.5 Å². The maximum atomic E-state index is 12.8. The van der Waals surface area contributed by atoms with Crippen molar-refractivity contribution in [2.24, 2.45) is 0 Å². The molecule has 28 heavy (non-hydrogen) atoms. The number of hydrogen-bond acceptors (Lipinski definition) is 5. The topological polar surface area (TPSA) is 62.1 Å². The second-order valence-electron chi connectivity index (χ2n) is 6.60. The summed E-state index contributed by atoms with van der Waals surface area (Å²) in [5, 5.41) is 3.52. The number of fused-ring (bicyclic) bond motifs is 1. The predicted molar refractivity (Wildman–Crippen MR) is 114 cm³/mol. The van der Waals surface area contributed by atoms with Crippen LogP contribution in [0.5, 0.6) is 0 Å². The van der Waals surface area contributed by atoms with Gasteiger partial charge in [-0.3, -0.25) is 9.69 Å². The van der Waals surface area contributed by atoms with Crippen LogP contribution in [0.4, 0.5) is 0 Å². The summed E-state index contributed by atoms with van der Waals surface area (Å²) in [7, 11) is 1.97. The van der Waals surface area contributed by atoms with Crippen molar-refractivity contribution in [3.8, 4) is 11.3 Å². The fourth-order valence-electron chi connectivity index (χ4n) is 3.05. The van der Waals surface area contributed by atoms with Gasteiger partial charge < -0.3 is 9.40 Å². The van der Waals surface area contributed by atoms with E-state index >= 15 is 0 Å². The average Bonchev–Trinajstić information content (AvgIpc) is 3.33. The molecule has 0 unspecified atom stereocenters. The first-order valence-electron chi connectivity index (χ1n) is 8.63. The fourth-order valence-corrected chi connectivity index (χ4v) is 4.30. The second kappa shape index (κ2) is 7.72. The van der Waals surface area contributed by atoms with Crippen LogP contribution in [0.15, 0.2) is 51.2 Å². The van der Waals surface area contributed by atoms with Gasteiger partial charge in [0, 0.05) is 17.5 Å². The van der Waals surface area contributed by atoms with Crippen LogP contribution in [-0.2, 0) is 6.54 Å². The molecule has 3 heterocycles. The van der Waals surface area contributed by atoms with Crippen LogP contribution in [0.1, 0.15) is 24.4 Å². The van der Waals surface area contributed by atoms with Gasteiger partial charge in [-0.25, -0.2) is 4.98 Å². The molecule has 0 radical (unpaired) electrons. The van der Waals surface area contributed by atoms with Crippen LogP contribution in [-0.4, -0.2) is 21.9 Å². The number of thiophene rings is 1. The largest absolute Gasteiger partial charge is 0.464 e. The molecule has 0 spiro atoms. The highest BCUT2D eigenvalue weighted by atomic mass is 35.5. The first-order chi connectivity index (χ1) is 13.4. The van der Waals surface area contributed by atoms with Crippen molar-refractivity contribution < 1.29 is 4.42 Å². The molecule has 0 fully saturated rings. The Morgan fingerprint density at radius 2 is 2.11 bits per heavy atom. The summed E-state index contributed by atoms with van der Waals surface area (Å²) in [4.78, 5) is 23.2.